The second-order valence-corrected chi connectivity index (χ2v) is 12.0. The van der Waals surface area contributed by atoms with E-state index in [4.69, 9.17) is 23.7 Å². The predicted molar refractivity (Wildman–Crippen MR) is 112 cm³/mol. The van der Waals surface area contributed by atoms with Crippen LogP contribution in [0, 0.1) is 28.6 Å². The summed E-state index contributed by atoms with van der Waals surface area (Å²) < 4.78 is 31.7. The molecule has 0 aromatic rings. The summed E-state index contributed by atoms with van der Waals surface area (Å²) in [5, 5.41) is 25.3. The fraction of sp³-hybridized carbons (Fsp3) is 1.00. The van der Waals surface area contributed by atoms with Gasteiger partial charge in [0.1, 0.15) is 29.7 Å². The highest BCUT2D eigenvalue weighted by Gasteiger charge is 2.97. The van der Waals surface area contributed by atoms with Crippen LogP contribution < -0.4 is 0 Å². The molecule has 5 aliphatic carbocycles. The zero-order chi connectivity index (χ0) is 22.5. The van der Waals surface area contributed by atoms with Gasteiger partial charge >= 0.3 is 0 Å². The smallest absolute Gasteiger partial charge is 0.148 e. The molecule has 8 heteroatoms. The summed E-state index contributed by atoms with van der Waals surface area (Å²) in [7, 11) is 7.44. The molecule has 7 bridgehead atoms. The highest BCUT2D eigenvalue weighted by atomic mass is 16.7. The topological polar surface area (TPSA) is 89.9 Å². The van der Waals surface area contributed by atoms with E-state index in [0.29, 0.717) is 13.0 Å². The van der Waals surface area contributed by atoms with Gasteiger partial charge in [-0.1, -0.05) is 6.92 Å². The lowest BCUT2D eigenvalue weighted by Gasteiger charge is -2.71. The number of aliphatic hydroxyl groups excluding tert-OH is 1. The molecule has 7 rings (SSSR count). The van der Waals surface area contributed by atoms with Gasteiger partial charge in [-0.2, -0.15) is 0 Å². The van der Waals surface area contributed by atoms with Crippen LogP contribution in [0.4, 0.5) is 0 Å². The highest BCUT2D eigenvalue weighted by molar-refractivity contribution is 5.47. The Morgan fingerprint density at radius 3 is 2.56 bits per heavy atom. The van der Waals surface area contributed by atoms with Crippen molar-refractivity contribution in [2.24, 2.45) is 28.6 Å². The molecule has 0 aromatic carbocycles. The molecule has 3 spiro atoms. The number of methoxy groups -OCH3 is 3. The van der Waals surface area contributed by atoms with Crippen LogP contribution in [0.1, 0.15) is 32.6 Å². The first-order valence-corrected chi connectivity index (χ1v) is 12.2. The van der Waals surface area contributed by atoms with E-state index < -0.39 is 33.7 Å². The fourth-order valence-corrected chi connectivity index (χ4v) is 11.3. The van der Waals surface area contributed by atoms with Crippen molar-refractivity contribution in [1.82, 2.24) is 4.90 Å². The van der Waals surface area contributed by atoms with Gasteiger partial charge in [-0.15, -0.1) is 0 Å². The van der Waals surface area contributed by atoms with Crippen molar-refractivity contribution < 1.29 is 33.9 Å². The molecular weight excluding hydrogens is 414 g/mol. The number of hydrogen-bond acceptors (Lipinski definition) is 8. The quantitative estimate of drug-likeness (QED) is 0.637. The Morgan fingerprint density at radius 1 is 1.09 bits per heavy atom. The summed E-state index contributed by atoms with van der Waals surface area (Å²) in [6.07, 6.45) is 1.84. The standard InChI is InChI=1S/C24H37NO7/c1-20-7-6-15(29-4)22-13-8-12-14(28-3)9-21(16(13)17(12)30-5)23(32-11-31-21,18(22)25(2)10-20)19(26)24(20,22)27/h12-19,26-27H,6-11H2,1-5H3/t12-,13-,14+,15+,16-,17+,18+,19-,20+,21-,22-,23+,24+/m1/s1. The number of hydrogen-bond donors (Lipinski definition) is 2. The first-order valence-electron chi connectivity index (χ1n) is 12.2. The molecule has 0 unspecified atom stereocenters. The first-order chi connectivity index (χ1) is 15.2. The molecule has 2 N–H and O–H groups in total. The number of nitrogens with zero attached hydrogens (tertiary/aromatic N) is 1. The normalized spacial score (nSPS) is 66.5. The monoisotopic (exact) mass is 451 g/mol. The lowest BCUT2D eigenvalue weighted by molar-refractivity contribution is -0.321. The number of aliphatic hydroxyl groups is 2. The van der Waals surface area contributed by atoms with Crippen LogP contribution in [0.3, 0.4) is 0 Å². The molecule has 0 radical (unpaired) electrons. The summed E-state index contributed by atoms with van der Waals surface area (Å²) in [5.41, 5.74) is -4.30. The fourth-order valence-electron chi connectivity index (χ4n) is 11.3. The van der Waals surface area contributed by atoms with Crippen molar-refractivity contribution in [2.45, 2.75) is 79.9 Å². The second kappa shape index (κ2) is 5.90. The second-order valence-electron chi connectivity index (χ2n) is 12.0. The maximum Gasteiger partial charge on any atom is 0.148 e. The Labute approximate surface area is 189 Å². The molecule has 2 saturated heterocycles. The Bertz CT molecular complexity index is 858. The molecule has 7 fully saturated rings. The van der Waals surface area contributed by atoms with Gasteiger partial charge in [-0.3, -0.25) is 4.90 Å². The van der Waals surface area contributed by atoms with E-state index in [9.17, 15) is 10.2 Å². The molecule has 0 amide bonds. The average molecular weight is 452 g/mol. The van der Waals surface area contributed by atoms with Crippen molar-refractivity contribution in [1.29, 1.82) is 0 Å². The maximum absolute atomic E-state index is 12.9. The Hall–Kier alpha value is -0.320. The van der Waals surface area contributed by atoms with Gasteiger partial charge in [0.05, 0.1) is 29.8 Å². The van der Waals surface area contributed by atoms with E-state index in [0.717, 1.165) is 19.3 Å². The van der Waals surface area contributed by atoms with Crippen molar-refractivity contribution >= 4 is 0 Å². The molecule has 0 aromatic heterocycles. The molecule has 32 heavy (non-hydrogen) atoms. The molecule has 13 atom stereocenters. The van der Waals surface area contributed by atoms with E-state index in [1.54, 1.807) is 21.3 Å². The van der Waals surface area contributed by atoms with Crippen LogP contribution in [-0.2, 0) is 23.7 Å². The third-order valence-electron chi connectivity index (χ3n) is 11.8. The summed E-state index contributed by atoms with van der Waals surface area (Å²) in [4.78, 5) is 2.36. The van der Waals surface area contributed by atoms with Gasteiger partial charge in [0.2, 0.25) is 0 Å². The highest BCUT2D eigenvalue weighted by Crippen LogP contribution is 2.83. The average Bonchev–Trinajstić information content (AvgIpc) is 3.33. The Balaban J connectivity index is 1.59. The lowest BCUT2D eigenvalue weighted by Crippen LogP contribution is -2.83. The molecule has 5 saturated carbocycles. The van der Waals surface area contributed by atoms with Gasteiger partial charge in [0.25, 0.3) is 0 Å². The van der Waals surface area contributed by atoms with Gasteiger partial charge in [0, 0.05) is 51.5 Å². The SMILES string of the molecule is CO[C@H]1[C@@H]2C[C@@H]3[C@H]1[C@@]1(C[C@@H]2OC)OCO[C@]12[C@H]1N(C)C[C@]4(C)CC[C@H](OC)[C@]31[C@]4(O)[C@@H]2O. The van der Waals surface area contributed by atoms with E-state index >= 15 is 0 Å². The van der Waals surface area contributed by atoms with Crippen molar-refractivity contribution in [2.75, 3.05) is 41.7 Å². The van der Waals surface area contributed by atoms with Crippen molar-refractivity contribution in [3.8, 4) is 0 Å². The number of ether oxygens (including phenoxy) is 5. The lowest BCUT2D eigenvalue weighted by atomic mass is 9.41. The minimum absolute atomic E-state index is 0.0119. The van der Waals surface area contributed by atoms with Crippen LogP contribution in [0.25, 0.3) is 0 Å². The number of fused-ring (bicyclic) bond motifs is 1. The third kappa shape index (κ3) is 1.62. The van der Waals surface area contributed by atoms with Crippen molar-refractivity contribution in [3.63, 3.8) is 0 Å². The summed E-state index contributed by atoms with van der Waals surface area (Å²) in [6.45, 7) is 2.99. The van der Waals surface area contributed by atoms with Gasteiger partial charge in [-0.05, 0) is 32.2 Å². The minimum Gasteiger partial charge on any atom is -0.387 e. The number of piperidine rings is 1. The zero-order valence-corrected chi connectivity index (χ0v) is 19.7. The molecule has 7 aliphatic rings. The van der Waals surface area contributed by atoms with Gasteiger partial charge in [0.15, 0.2) is 0 Å². The van der Waals surface area contributed by atoms with Gasteiger partial charge in [-0.25, -0.2) is 0 Å². The van der Waals surface area contributed by atoms with E-state index in [1.807, 2.05) is 0 Å². The van der Waals surface area contributed by atoms with Gasteiger partial charge < -0.3 is 33.9 Å². The Kier molecular flexibility index (Phi) is 3.87. The third-order valence-corrected chi connectivity index (χ3v) is 11.8. The molecule has 2 heterocycles. The number of rotatable bonds is 3. The maximum atomic E-state index is 12.9. The predicted octanol–water partition coefficient (Wildman–Crippen LogP) is 0.389. The zero-order valence-electron chi connectivity index (χ0n) is 19.7. The number of likely N-dealkylation sites (N-methyl/N-ethyl adjacent to an activating group) is 1. The molecule has 2 aliphatic heterocycles. The Morgan fingerprint density at radius 2 is 1.88 bits per heavy atom. The largest absolute Gasteiger partial charge is 0.387 e. The minimum atomic E-state index is -1.33. The van der Waals surface area contributed by atoms with E-state index in [1.165, 1.54) is 0 Å². The van der Waals surface area contributed by atoms with Crippen LogP contribution in [0.5, 0.6) is 0 Å². The van der Waals surface area contributed by atoms with Crippen LogP contribution in [-0.4, -0.2) is 104 Å². The summed E-state index contributed by atoms with van der Waals surface area (Å²) >= 11 is 0. The summed E-state index contributed by atoms with van der Waals surface area (Å²) in [6, 6.07) is -0.205. The first kappa shape index (κ1) is 21.0. The van der Waals surface area contributed by atoms with Crippen LogP contribution in [0.2, 0.25) is 0 Å². The number of likely N-dealkylation sites (tertiary alicyclic amines) is 1. The van der Waals surface area contributed by atoms with E-state index in [2.05, 4.69) is 18.9 Å². The van der Waals surface area contributed by atoms with E-state index in [-0.39, 0.29) is 48.9 Å². The van der Waals surface area contributed by atoms with Crippen LogP contribution >= 0.6 is 0 Å². The molecular formula is C24H37NO7. The van der Waals surface area contributed by atoms with Crippen molar-refractivity contribution in [3.05, 3.63) is 0 Å². The summed E-state index contributed by atoms with van der Waals surface area (Å²) in [5.74, 6) is 0.308. The molecule has 180 valence electrons. The van der Waals surface area contributed by atoms with Crippen LogP contribution in [0.15, 0.2) is 0 Å². The molecule has 8 nitrogen and oxygen atoms in total.